The lowest BCUT2D eigenvalue weighted by Crippen LogP contribution is -2.32. The summed E-state index contributed by atoms with van der Waals surface area (Å²) < 4.78 is 17.1. The lowest BCUT2D eigenvalue weighted by atomic mass is 10.2. The molecule has 0 spiro atoms. The zero-order valence-electron chi connectivity index (χ0n) is 22.4. The third-order valence-corrected chi connectivity index (χ3v) is 7.14. The Morgan fingerprint density at radius 2 is 1.82 bits per heavy atom. The molecular weight excluding hydrogens is 552 g/mol. The van der Waals surface area contributed by atoms with E-state index in [1.807, 2.05) is 51.1 Å². The monoisotopic (exact) mass is 580 g/mol. The van der Waals surface area contributed by atoms with Crippen LogP contribution in [0.1, 0.15) is 23.6 Å². The summed E-state index contributed by atoms with van der Waals surface area (Å²) in [6.07, 6.45) is 1.63. The number of anilines is 1. The van der Waals surface area contributed by atoms with E-state index in [-0.39, 0.29) is 36.8 Å². The summed E-state index contributed by atoms with van der Waals surface area (Å²) in [7, 11) is 0. The van der Waals surface area contributed by atoms with Gasteiger partial charge in [0.05, 0.1) is 18.1 Å². The molecule has 1 aliphatic heterocycles. The summed E-state index contributed by atoms with van der Waals surface area (Å²) in [6.45, 7) is 6.13. The fraction of sp³-hybridized carbons (Fsp3) is 0.233. The Labute approximate surface area is 242 Å². The van der Waals surface area contributed by atoms with E-state index >= 15 is 0 Å². The largest absolute Gasteiger partial charge is 0.492 e. The van der Waals surface area contributed by atoms with Crippen molar-refractivity contribution in [3.8, 4) is 17.2 Å². The molecule has 3 amide bonds. The molecule has 8 nitrogen and oxygen atoms in total. The quantitative estimate of drug-likeness (QED) is 0.259. The number of aryl methyl sites for hydroxylation is 2. The van der Waals surface area contributed by atoms with Crippen molar-refractivity contribution in [3.05, 3.63) is 87.3 Å². The highest BCUT2D eigenvalue weighted by Crippen LogP contribution is 2.34. The SMILES string of the molecule is CCOc1cc(/C=C2\SC(=O)N(CCOc3cccc(C)c3)C2=O)ccc1OCC(=O)Nc1ccc(C)c(Cl)c1. The average Bonchev–Trinajstić information content (AvgIpc) is 3.18. The minimum atomic E-state index is -0.381. The Bertz CT molecular complexity index is 1460. The number of imide groups is 1. The molecule has 3 aromatic rings. The van der Waals surface area contributed by atoms with Gasteiger partial charge in [-0.3, -0.25) is 19.3 Å². The maximum atomic E-state index is 12.9. The van der Waals surface area contributed by atoms with E-state index in [9.17, 15) is 14.4 Å². The number of hydrogen-bond donors (Lipinski definition) is 1. The summed E-state index contributed by atoms with van der Waals surface area (Å²) in [5, 5.41) is 2.95. The highest BCUT2D eigenvalue weighted by molar-refractivity contribution is 8.18. The maximum Gasteiger partial charge on any atom is 0.293 e. The van der Waals surface area contributed by atoms with E-state index in [1.165, 1.54) is 4.90 Å². The van der Waals surface area contributed by atoms with Crippen molar-refractivity contribution >= 4 is 52.2 Å². The molecule has 208 valence electrons. The molecule has 0 aliphatic carbocycles. The molecule has 0 aromatic heterocycles. The normalized spacial score (nSPS) is 14.0. The summed E-state index contributed by atoms with van der Waals surface area (Å²) in [4.78, 5) is 39.3. The van der Waals surface area contributed by atoms with Crippen molar-refractivity contribution in [3.63, 3.8) is 0 Å². The number of benzene rings is 3. The molecule has 0 unspecified atom stereocenters. The number of hydrogen-bond acceptors (Lipinski definition) is 7. The number of thioether (sulfide) groups is 1. The highest BCUT2D eigenvalue weighted by Gasteiger charge is 2.34. The topological polar surface area (TPSA) is 94.2 Å². The van der Waals surface area contributed by atoms with Gasteiger partial charge in [0.1, 0.15) is 12.4 Å². The zero-order valence-corrected chi connectivity index (χ0v) is 23.9. The summed E-state index contributed by atoms with van der Waals surface area (Å²) in [5.74, 6) is 0.733. The first-order chi connectivity index (χ1) is 19.2. The van der Waals surface area contributed by atoms with Gasteiger partial charge in [0.25, 0.3) is 17.1 Å². The molecule has 0 saturated carbocycles. The van der Waals surface area contributed by atoms with Crippen molar-refractivity contribution in [2.24, 2.45) is 0 Å². The molecule has 3 aromatic carbocycles. The standard InChI is InChI=1S/C30H29ClN2O6S/c1-4-37-26-15-21(9-11-25(26)39-18-28(34)32-22-10-8-20(3)24(31)17-22)16-27-29(35)33(30(36)40-27)12-13-38-23-7-5-6-19(2)14-23/h5-11,14-17H,4,12-13,18H2,1-3H3,(H,32,34)/b27-16-. The number of ether oxygens (including phenoxy) is 3. The first kappa shape index (κ1) is 29.0. The second-order valence-corrected chi connectivity index (χ2v) is 10.3. The molecule has 1 saturated heterocycles. The Balaban J connectivity index is 1.37. The number of carbonyl (C=O) groups excluding carboxylic acids is 3. The van der Waals surface area contributed by atoms with Crippen LogP contribution in [0.15, 0.2) is 65.6 Å². The van der Waals surface area contributed by atoms with Gasteiger partial charge in [0.2, 0.25) is 0 Å². The van der Waals surface area contributed by atoms with Gasteiger partial charge >= 0.3 is 0 Å². The fourth-order valence-electron chi connectivity index (χ4n) is 3.82. The minimum Gasteiger partial charge on any atom is -0.492 e. The van der Waals surface area contributed by atoms with Gasteiger partial charge in [-0.2, -0.15) is 0 Å². The van der Waals surface area contributed by atoms with Crippen LogP contribution in [0.25, 0.3) is 6.08 Å². The number of carbonyl (C=O) groups is 3. The van der Waals surface area contributed by atoms with Crippen LogP contribution in [0.5, 0.6) is 17.2 Å². The Morgan fingerprint density at radius 3 is 2.58 bits per heavy atom. The van der Waals surface area contributed by atoms with Gasteiger partial charge < -0.3 is 19.5 Å². The second-order valence-electron chi connectivity index (χ2n) is 8.94. The van der Waals surface area contributed by atoms with Crippen LogP contribution >= 0.6 is 23.4 Å². The summed E-state index contributed by atoms with van der Waals surface area (Å²) in [5.41, 5.74) is 3.19. The van der Waals surface area contributed by atoms with Crippen LogP contribution in [0.4, 0.5) is 10.5 Å². The van der Waals surface area contributed by atoms with Crippen molar-refractivity contribution < 1.29 is 28.6 Å². The Morgan fingerprint density at radius 1 is 1.00 bits per heavy atom. The summed E-state index contributed by atoms with van der Waals surface area (Å²) in [6, 6.07) is 17.9. The van der Waals surface area contributed by atoms with Crippen LogP contribution < -0.4 is 19.5 Å². The molecule has 4 rings (SSSR count). The predicted molar refractivity (Wildman–Crippen MR) is 157 cm³/mol. The van der Waals surface area contributed by atoms with E-state index in [1.54, 1.807) is 36.4 Å². The molecule has 1 fully saturated rings. The number of amides is 3. The lowest BCUT2D eigenvalue weighted by Gasteiger charge is -2.14. The number of nitrogens with one attached hydrogen (secondary N) is 1. The van der Waals surface area contributed by atoms with Crippen LogP contribution in [0.2, 0.25) is 5.02 Å². The molecule has 1 heterocycles. The molecule has 40 heavy (non-hydrogen) atoms. The van der Waals surface area contributed by atoms with Gasteiger partial charge in [0, 0.05) is 10.7 Å². The molecule has 1 N–H and O–H groups in total. The van der Waals surface area contributed by atoms with Crippen molar-refractivity contribution in [2.45, 2.75) is 20.8 Å². The van der Waals surface area contributed by atoms with Crippen molar-refractivity contribution in [2.75, 3.05) is 31.7 Å². The van der Waals surface area contributed by atoms with Crippen LogP contribution in [0.3, 0.4) is 0 Å². The number of nitrogens with zero attached hydrogens (tertiary/aromatic N) is 1. The molecule has 0 atom stereocenters. The summed E-state index contributed by atoms with van der Waals surface area (Å²) >= 11 is 7.00. The van der Waals surface area contributed by atoms with Crippen LogP contribution in [-0.4, -0.2) is 48.3 Å². The van der Waals surface area contributed by atoms with Gasteiger partial charge in [-0.15, -0.1) is 0 Å². The van der Waals surface area contributed by atoms with Gasteiger partial charge in [-0.25, -0.2) is 0 Å². The van der Waals surface area contributed by atoms with E-state index in [0.29, 0.717) is 45.0 Å². The maximum absolute atomic E-state index is 12.9. The second kappa shape index (κ2) is 13.4. The van der Waals surface area contributed by atoms with Crippen molar-refractivity contribution in [1.29, 1.82) is 0 Å². The Hall–Kier alpha value is -3.95. The van der Waals surface area contributed by atoms with E-state index in [4.69, 9.17) is 25.8 Å². The van der Waals surface area contributed by atoms with Crippen LogP contribution in [0, 0.1) is 13.8 Å². The highest BCUT2D eigenvalue weighted by atomic mass is 35.5. The molecular formula is C30H29ClN2O6S. The number of rotatable bonds is 11. The average molecular weight is 581 g/mol. The van der Waals surface area contributed by atoms with Gasteiger partial charge in [-0.05, 0) is 91.7 Å². The van der Waals surface area contributed by atoms with Crippen molar-refractivity contribution in [1.82, 2.24) is 4.90 Å². The third kappa shape index (κ3) is 7.58. The molecule has 1 aliphatic rings. The molecule has 10 heteroatoms. The fourth-order valence-corrected chi connectivity index (χ4v) is 4.86. The molecule has 0 radical (unpaired) electrons. The first-order valence-electron chi connectivity index (χ1n) is 12.6. The van der Waals surface area contributed by atoms with E-state index in [0.717, 1.165) is 22.9 Å². The van der Waals surface area contributed by atoms with Gasteiger partial charge in [-0.1, -0.05) is 35.9 Å². The Kier molecular flexibility index (Phi) is 9.74. The smallest absolute Gasteiger partial charge is 0.293 e. The zero-order chi connectivity index (χ0) is 28.6. The molecule has 0 bridgehead atoms. The lowest BCUT2D eigenvalue weighted by molar-refractivity contribution is -0.123. The first-order valence-corrected chi connectivity index (χ1v) is 13.8. The third-order valence-electron chi connectivity index (χ3n) is 5.83. The van der Waals surface area contributed by atoms with E-state index in [2.05, 4.69) is 5.32 Å². The predicted octanol–water partition coefficient (Wildman–Crippen LogP) is 6.49. The van der Waals surface area contributed by atoms with Crippen LogP contribution in [-0.2, 0) is 9.59 Å². The number of halogens is 1. The van der Waals surface area contributed by atoms with E-state index < -0.39 is 0 Å². The minimum absolute atomic E-state index is 0.143. The van der Waals surface area contributed by atoms with Gasteiger partial charge in [0.15, 0.2) is 18.1 Å².